The second kappa shape index (κ2) is 9.23. The second-order valence-electron chi connectivity index (χ2n) is 7.11. The van der Waals surface area contributed by atoms with Gasteiger partial charge in [-0.1, -0.05) is 41.7 Å². The van der Waals surface area contributed by atoms with Crippen LogP contribution in [0.15, 0.2) is 66.7 Å². The smallest absolute Gasteiger partial charge is 0.254 e. The summed E-state index contributed by atoms with van der Waals surface area (Å²) in [5, 5.41) is 3.05. The van der Waals surface area contributed by atoms with Gasteiger partial charge in [-0.2, -0.15) is 0 Å². The quantitative estimate of drug-likeness (QED) is 0.429. The maximum atomic E-state index is 13.8. The van der Waals surface area contributed by atoms with Crippen molar-refractivity contribution in [2.75, 3.05) is 11.4 Å². The topological polar surface area (TPSA) is 62.3 Å². The highest BCUT2D eigenvalue weighted by Crippen LogP contribution is 2.35. The predicted octanol–water partition coefficient (Wildman–Crippen LogP) is 5.37. The molecule has 8 heteroatoms. The first-order valence-electron chi connectivity index (χ1n) is 9.91. The van der Waals surface area contributed by atoms with E-state index in [0.717, 1.165) is 27.9 Å². The number of aryl methyl sites for hydroxylation is 1. The molecule has 0 aliphatic heterocycles. The Morgan fingerprint density at radius 1 is 1.03 bits per heavy atom. The Labute approximate surface area is 187 Å². The number of para-hydroxylation sites is 2. The van der Waals surface area contributed by atoms with Crippen molar-refractivity contribution in [3.8, 4) is 0 Å². The van der Waals surface area contributed by atoms with Gasteiger partial charge in [0.25, 0.3) is 5.91 Å². The van der Waals surface area contributed by atoms with Crippen LogP contribution in [-0.4, -0.2) is 23.3 Å². The maximum absolute atomic E-state index is 13.8. The summed E-state index contributed by atoms with van der Waals surface area (Å²) in [5.74, 6) is -2.69. The van der Waals surface area contributed by atoms with Gasteiger partial charge in [0.1, 0.15) is 11.6 Å². The molecule has 5 nitrogen and oxygen atoms in total. The van der Waals surface area contributed by atoms with Crippen LogP contribution in [-0.2, 0) is 4.79 Å². The zero-order valence-electron chi connectivity index (χ0n) is 17.1. The number of rotatable bonds is 6. The molecule has 4 rings (SSSR count). The number of carbonyl (C=O) groups is 2. The van der Waals surface area contributed by atoms with Gasteiger partial charge in [0, 0.05) is 19.0 Å². The Balaban J connectivity index is 1.54. The van der Waals surface area contributed by atoms with Gasteiger partial charge in [-0.05, 0) is 42.8 Å². The molecule has 0 unspecified atom stereocenters. The molecule has 0 bridgehead atoms. The lowest BCUT2D eigenvalue weighted by Crippen LogP contribution is -2.32. The highest BCUT2D eigenvalue weighted by Gasteiger charge is 2.23. The van der Waals surface area contributed by atoms with E-state index in [4.69, 9.17) is 0 Å². The molecule has 0 saturated heterocycles. The van der Waals surface area contributed by atoms with Crippen LogP contribution >= 0.6 is 11.3 Å². The Kier molecular flexibility index (Phi) is 6.23. The maximum Gasteiger partial charge on any atom is 0.254 e. The van der Waals surface area contributed by atoms with E-state index in [-0.39, 0.29) is 24.4 Å². The van der Waals surface area contributed by atoms with Crippen LogP contribution in [0.2, 0.25) is 0 Å². The first kappa shape index (κ1) is 21.6. The van der Waals surface area contributed by atoms with Gasteiger partial charge in [0.2, 0.25) is 5.91 Å². The molecule has 32 heavy (non-hydrogen) atoms. The minimum Gasteiger partial charge on any atom is -0.351 e. The van der Waals surface area contributed by atoms with Crippen molar-refractivity contribution in [2.45, 2.75) is 13.3 Å². The van der Waals surface area contributed by atoms with Crippen molar-refractivity contribution >= 4 is 44.2 Å². The van der Waals surface area contributed by atoms with E-state index in [1.807, 2.05) is 55.5 Å². The number of amides is 2. The number of nitrogens with one attached hydrogen (secondary N) is 1. The number of halogens is 2. The predicted molar refractivity (Wildman–Crippen MR) is 121 cm³/mol. The molecule has 0 fully saturated rings. The monoisotopic (exact) mass is 451 g/mol. The third-order valence-electron chi connectivity index (χ3n) is 4.88. The lowest BCUT2D eigenvalue weighted by atomic mass is 10.1. The van der Waals surface area contributed by atoms with E-state index in [9.17, 15) is 18.4 Å². The number of nitrogens with zero attached hydrogens (tertiary/aromatic N) is 2. The molecule has 3 aromatic carbocycles. The molecule has 4 aromatic rings. The van der Waals surface area contributed by atoms with Crippen LogP contribution < -0.4 is 10.2 Å². The number of benzene rings is 3. The Bertz CT molecular complexity index is 1270. The molecule has 0 atom stereocenters. The molecule has 2 amide bonds. The Morgan fingerprint density at radius 3 is 2.53 bits per heavy atom. The average molecular weight is 451 g/mol. The fraction of sp³-hybridized carbons (Fsp3) is 0.125. The van der Waals surface area contributed by atoms with E-state index >= 15 is 0 Å². The van der Waals surface area contributed by atoms with Crippen molar-refractivity contribution in [1.29, 1.82) is 0 Å². The van der Waals surface area contributed by atoms with Crippen LogP contribution in [0.4, 0.5) is 19.6 Å². The van der Waals surface area contributed by atoms with Crippen LogP contribution in [0.25, 0.3) is 10.2 Å². The second-order valence-corrected chi connectivity index (χ2v) is 8.12. The SMILES string of the molecule is Cc1ccccc1N(C(=O)CCNC(=O)c1ccc(F)cc1F)c1nc2ccccc2s1. The molecule has 1 aromatic heterocycles. The summed E-state index contributed by atoms with van der Waals surface area (Å²) in [6.45, 7) is 1.89. The van der Waals surface area contributed by atoms with E-state index in [1.165, 1.54) is 11.3 Å². The summed E-state index contributed by atoms with van der Waals surface area (Å²) < 4.78 is 27.8. The third-order valence-corrected chi connectivity index (χ3v) is 5.90. The van der Waals surface area contributed by atoms with Crippen molar-refractivity contribution in [3.05, 3.63) is 89.5 Å². The minimum absolute atomic E-state index is 0.0121. The van der Waals surface area contributed by atoms with Gasteiger partial charge in [-0.15, -0.1) is 0 Å². The summed E-state index contributed by atoms with van der Waals surface area (Å²) in [5.41, 5.74) is 2.12. The van der Waals surface area contributed by atoms with E-state index in [2.05, 4.69) is 10.3 Å². The molecule has 0 aliphatic carbocycles. The molecule has 1 N–H and O–H groups in total. The Morgan fingerprint density at radius 2 is 1.78 bits per heavy atom. The summed E-state index contributed by atoms with van der Waals surface area (Å²) in [4.78, 5) is 31.6. The van der Waals surface area contributed by atoms with Gasteiger partial charge in [0.05, 0.1) is 21.5 Å². The molecule has 162 valence electrons. The largest absolute Gasteiger partial charge is 0.351 e. The molecule has 1 heterocycles. The van der Waals surface area contributed by atoms with Crippen molar-refractivity contribution in [1.82, 2.24) is 10.3 Å². The number of hydrogen-bond acceptors (Lipinski definition) is 4. The van der Waals surface area contributed by atoms with E-state index in [0.29, 0.717) is 16.9 Å². The molecule has 0 aliphatic rings. The van der Waals surface area contributed by atoms with Gasteiger partial charge in [-0.25, -0.2) is 13.8 Å². The number of aromatic nitrogens is 1. The number of anilines is 2. The molecule has 0 saturated carbocycles. The average Bonchev–Trinajstić information content (AvgIpc) is 3.18. The third kappa shape index (κ3) is 4.50. The summed E-state index contributed by atoms with van der Waals surface area (Å²) in [7, 11) is 0. The molecule has 0 spiro atoms. The van der Waals surface area contributed by atoms with Crippen LogP contribution in [0.1, 0.15) is 22.3 Å². The lowest BCUT2D eigenvalue weighted by Gasteiger charge is -2.22. The number of fused-ring (bicyclic) bond motifs is 1. The standard InChI is InChI=1S/C24H19F2N3O2S/c1-15-6-2-4-8-20(15)29(24-28-19-7-3-5-9-21(19)32-24)22(30)12-13-27-23(31)17-11-10-16(25)14-18(17)26/h2-11,14H,12-13H2,1H3,(H,27,31). The van der Waals surface area contributed by atoms with Crippen LogP contribution in [0.5, 0.6) is 0 Å². The molecular formula is C24H19F2N3O2S. The zero-order chi connectivity index (χ0) is 22.7. The molecule has 0 radical (unpaired) electrons. The summed E-state index contributed by atoms with van der Waals surface area (Å²) >= 11 is 1.40. The lowest BCUT2D eigenvalue weighted by molar-refractivity contribution is -0.117. The van der Waals surface area contributed by atoms with Crippen molar-refractivity contribution < 1.29 is 18.4 Å². The highest BCUT2D eigenvalue weighted by molar-refractivity contribution is 7.22. The van der Waals surface area contributed by atoms with Gasteiger partial charge < -0.3 is 5.32 Å². The summed E-state index contributed by atoms with van der Waals surface area (Å²) in [6, 6.07) is 17.8. The van der Waals surface area contributed by atoms with E-state index in [1.54, 1.807) is 4.90 Å². The highest BCUT2D eigenvalue weighted by atomic mass is 32.1. The van der Waals surface area contributed by atoms with E-state index < -0.39 is 17.5 Å². The van der Waals surface area contributed by atoms with Gasteiger partial charge >= 0.3 is 0 Å². The molecular weight excluding hydrogens is 432 g/mol. The minimum atomic E-state index is -0.954. The zero-order valence-corrected chi connectivity index (χ0v) is 18.0. The first-order chi connectivity index (χ1) is 15.4. The number of thiazole rings is 1. The first-order valence-corrected chi connectivity index (χ1v) is 10.7. The fourth-order valence-electron chi connectivity index (χ4n) is 3.28. The van der Waals surface area contributed by atoms with Crippen LogP contribution in [0, 0.1) is 18.6 Å². The normalized spacial score (nSPS) is 10.8. The Hall–Kier alpha value is -3.65. The van der Waals surface area contributed by atoms with Crippen molar-refractivity contribution in [3.63, 3.8) is 0 Å². The summed E-state index contributed by atoms with van der Waals surface area (Å²) in [6.07, 6.45) is -0.0290. The van der Waals surface area contributed by atoms with Crippen molar-refractivity contribution in [2.24, 2.45) is 0 Å². The van der Waals surface area contributed by atoms with Crippen LogP contribution in [0.3, 0.4) is 0 Å². The number of hydrogen-bond donors (Lipinski definition) is 1. The number of carbonyl (C=O) groups excluding carboxylic acids is 2. The fourth-order valence-corrected chi connectivity index (χ4v) is 4.27. The van der Waals surface area contributed by atoms with Gasteiger partial charge in [0.15, 0.2) is 5.13 Å². The van der Waals surface area contributed by atoms with Gasteiger partial charge in [-0.3, -0.25) is 14.5 Å².